The topological polar surface area (TPSA) is 58.5 Å². The van der Waals surface area contributed by atoms with Gasteiger partial charge in [-0.1, -0.05) is 13.8 Å². The molecule has 2 unspecified atom stereocenters. The molecule has 0 bridgehead atoms. The van der Waals surface area contributed by atoms with Gasteiger partial charge in [0.15, 0.2) is 0 Å². The van der Waals surface area contributed by atoms with Crippen LogP contribution < -0.4 is 21.3 Å². The number of benzene rings is 2. The van der Waals surface area contributed by atoms with E-state index in [1.165, 1.54) is 63.2 Å². The molecule has 2 aliphatic heterocycles. The van der Waals surface area contributed by atoms with Crippen LogP contribution in [0.15, 0.2) is 48.5 Å². The molecular formula is C30H53IN6+2. The number of nitrogen functional groups attached to an aromatic ring is 2. The molecule has 2 atom stereocenters. The summed E-state index contributed by atoms with van der Waals surface area (Å²) in [4.78, 5) is 4.97. The lowest BCUT2D eigenvalue weighted by molar-refractivity contribution is -0.912. The molecule has 2 aliphatic rings. The van der Waals surface area contributed by atoms with Crippen LogP contribution in [0.3, 0.4) is 0 Å². The Kier molecular flexibility index (Phi) is 11.8. The highest BCUT2D eigenvalue weighted by Gasteiger charge is 2.35. The van der Waals surface area contributed by atoms with Crippen molar-refractivity contribution in [3.63, 3.8) is 0 Å². The number of likely N-dealkylation sites (N-methyl/N-ethyl adjacent to an activating group) is 2. The van der Waals surface area contributed by atoms with Gasteiger partial charge in [-0.05, 0) is 61.4 Å². The molecule has 2 heterocycles. The van der Waals surface area contributed by atoms with E-state index in [-0.39, 0.29) is 24.0 Å². The van der Waals surface area contributed by atoms with Crippen molar-refractivity contribution >= 4 is 46.7 Å². The Morgan fingerprint density at radius 2 is 0.973 bits per heavy atom. The number of hydrogen-bond donors (Lipinski definition) is 2. The maximum Gasteiger partial charge on any atom is 0.108 e. The minimum Gasteiger partial charge on any atom is -0.399 e. The molecule has 2 aromatic rings. The highest BCUT2D eigenvalue weighted by atomic mass is 127. The number of nitrogens with zero attached hydrogens (tertiary/aromatic N) is 4. The molecule has 4 N–H and O–H groups in total. The smallest absolute Gasteiger partial charge is 0.108 e. The quantitative estimate of drug-likeness (QED) is 0.238. The first-order chi connectivity index (χ1) is 17.1. The Hall–Kier alpha value is -1.71. The van der Waals surface area contributed by atoms with Crippen molar-refractivity contribution in [1.29, 1.82) is 0 Å². The van der Waals surface area contributed by atoms with Crippen molar-refractivity contribution in [2.24, 2.45) is 0 Å². The van der Waals surface area contributed by atoms with E-state index in [1.54, 1.807) is 0 Å². The number of rotatable bonds is 8. The first-order valence-corrected chi connectivity index (χ1v) is 13.9. The Morgan fingerprint density at radius 1 is 0.649 bits per heavy atom. The Labute approximate surface area is 243 Å². The highest BCUT2D eigenvalue weighted by Crippen LogP contribution is 2.27. The molecule has 4 rings (SSSR count). The zero-order valence-corrected chi connectivity index (χ0v) is 26.5. The van der Waals surface area contributed by atoms with E-state index in [2.05, 4.69) is 76.1 Å². The van der Waals surface area contributed by atoms with Gasteiger partial charge in [-0.15, -0.1) is 24.0 Å². The maximum absolute atomic E-state index is 5.74. The van der Waals surface area contributed by atoms with Gasteiger partial charge in [-0.25, -0.2) is 0 Å². The number of quaternary nitrogens is 2. The molecule has 6 nitrogen and oxygen atoms in total. The van der Waals surface area contributed by atoms with Gasteiger partial charge < -0.3 is 30.2 Å². The van der Waals surface area contributed by atoms with Crippen molar-refractivity contribution in [2.75, 3.05) is 88.7 Å². The van der Waals surface area contributed by atoms with E-state index in [0.717, 1.165) is 45.5 Å². The second-order valence-electron chi connectivity index (χ2n) is 12.0. The Balaban J connectivity index is 0.000000253. The third-order valence-electron chi connectivity index (χ3n) is 8.42. The van der Waals surface area contributed by atoms with Crippen LogP contribution in [0, 0.1) is 0 Å². The van der Waals surface area contributed by atoms with Crippen LogP contribution in [0.5, 0.6) is 0 Å². The summed E-state index contributed by atoms with van der Waals surface area (Å²) in [7, 11) is 9.45. The summed E-state index contributed by atoms with van der Waals surface area (Å²) in [5.74, 6) is 0. The summed E-state index contributed by atoms with van der Waals surface area (Å²) in [6.45, 7) is 11.7. The van der Waals surface area contributed by atoms with Crippen molar-refractivity contribution in [3.8, 4) is 0 Å². The second kappa shape index (κ2) is 13.9. The molecule has 37 heavy (non-hydrogen) atoms. The van der Waals surface area contributed by atoms with Gasteiger partial charge in [0.1, 0.15) is 12.1 Å². The molecule has 0 aromatic heterocycles. The third-order valence-corrected chi connectivity index (χ3v) is 8.42. The van der Waals surface area contributed by atoms with Gasteiger partial charge in [-0.2, -0.15) is 0 Å². The summed E-state index contributed by atoms with van der Waals surface area (Å²) in [5, 5.41) is 0. The fourth-order valence-electron chi connectivity index (χ4n) is 5.98. The van der Waals surface area contributed by atoms with Gasteiger partial charge in [0.2, 0.25) is 0 Å². The highest BCUT2D eigenvalue weighted by molar-refractivity contribution is 14.0. The van der Waals surface area contributed by atoms with Gasteiger partial charge in [0, 0.05) is 48.7 Å². The molecule has 0 amide bonds. The Morgan fingerprint density at radius 3 is 1.27 bits per heavy atom. The molecule has 0 spiro atoms. The van der Waals surface area contributed by atoms with Gasteiger partial charge in [0.25, 0.3) is 0 Å². The molecule has 0 saturated carbocycles. The molecule has 0 radical (unpaired) electrons. The van der Waals surface area contributed by atoms with E-state index in [9.17, 15) is 0 Å². The van der Waals surface area contributed by atoms with Crippen LogP contribution in [-0.4, -0.2) is 88.5 Å². The van der Waals surface area contributed by atoms with Crippen molar-refractivity contribution in [3.05, 3.63) is 48.5 Å². The van der Waals surface area contributed by atoms with Crippen LogP contribution in [0.1, 0.15) is 39.5 Å². The molecular weight excluding hydrogens is 571 g/mol. The summed E-state index contributed by atoms with van der Waals surface area (Å²) in [6.07, 6.45) is 5.09. The minimum atomic E-state index is 0. The van der Waals surface area contributed by atoms with Crippen molar-refractivity contribution < 1.29 is 8.97 Å². The van der Waals surface area contributed by atoms with Crippen LogP contribution >= 0.6 is 24.0 Å². The molecule has 2 fully saturated rings. The molecule has 208 valence electrons. The van der Waals surface area contributed by atoms with Crippen molar-refractivity contribution in [1.82, 2.24) is 0 Å². The van der Waals surface area contributed by atoms with E-state index in [1.807, 2.05) is 24.3 Å². The zero-order chi connectivity index (χ0) is 26.3. The lowest BCUT2D eigenvalue weighted by atomic mass is 10.2. The minimum absolute atomic E-state index is 0. The first-order valence-electron chi connectivity index (χ1n) is 13.9. The first kappa shape index (κ1) is 31.5. The summed E-state index contributed by atoms with van der Waals surface area (Å²) in [5.41, 5.74) is 15.8. The summed E-state index contributed by atoms with van der Waals surface area (Å²) in [6, 6.07) is 18.0. The van der Waals surface area contributed by atoms with Crippen LogP contribution in [0.25, 0.3) is 0 Å². The number of anilines is 4. The van der Waals surface area contributed by atoms with E-state index >= 15 is 0 Å². The van der Waals surface area contributed by atoms with Crippen LogP contribution in [0.2, 0.25) is 0 Å². The van der Waals surface area contributed by atoms with Crippen LogP contribution in [0.4, 0.5) is 22.7 Å². The van der Waals surface area contributed by atoms with Gasteiger partial charge >= 0.3 is 0 Å². The fourth-order valence-corrected chi connectivity index (χ4v) is 5.98. The molecule has 2 saturated heterocycles. The van der Waals surface area contributed by atoms with Gasteiger partial charge in [0.05, 0.1) is 54.4 Å². The number of halogens is 1. The monoisotopic (exact) mass is 624 g/mol. The summed E-state index contributed by atoms with van der Waals surface area (Å²) >= 11 is 0. The van der Waals surface area contributed by atoms with Crippen LogP contribution in [-0.2, 0) is 0 Å². The SMILES string of the molecule is CCC[N+](C)(C)C1CCN(c2ccc(N)cc2)C1.CCC[N+](C)(C)C1CCN(c2ccc(N)cc2)C1.I. The lowest BCUT2D eigenvalue weighted by Crippen LogP contribution is -2.50. The lowest BCUT2D eigenvalue weighted by Gasteiger charge is -2.36. The number of nitrogens with two attached hydrogens (primary N) is 2. The summed E-state index contributed by atoms with van der Waals surface area (Å²) < 4.78 is 2.28. The van der Waals surface area contributed by atoms with E-state index in [4.69, 9.17) is 11.5 Å². The second-order valence-corrected chi connectivity index (χ2v) is 12.0. The van der Waals surface area contributed by atoms with E-state index in [0.29, 0.717) is 0 Å². The largest absolute Gasteiger partial charge is 0.399 e. The number of hydrogen-bond acceptors (Lipinski definition) is 4. The van der Waals surface area contributed by atoms with E-state index < -0.39 is 0 Å². The predicted molar refractivity (Wildman–Crippen MR) is 173 cm³/mol. The van der Waals surface area contributed by atoms with Crippen molar-refractivity contribution in [2.45, 2.75) is 51.6 Å². The molecule has 0 aliphatic carbocycles. The third kappa shape index (κ3) is 8.65. The molecule has 2 aromatic carbocycles. The zero-order valence-electron chi connectivity index (χ0n) is 24.2. The standard InChI is InChI=1S/2C15H26N3.HI/c2*1-4-11-18(2,3)15-9-10-17(12-15)14-7-5-13(16)6-8-14;/h2*5-8,15H,4,9-12,16H2,1-3H3;1H/q2*+1;. The predicted octanol–water partition coefficient (Wildman–Crippen LogP) is 5.29. The Bertz CT molecular complexity index is 851. The molecule has 7 heteroatoms. The van der Waals surface area contributed by atoms with Gasteiger partial charge in [-0.3, -0.25) is 0 Å². The average molecular weight is 625 g/mol. The maximum atomic E-state index is 5.74. The normalized spacial score (nSPS) is 19.8. The fraction of sp³-hybridized carbons (Fsp3) is 0.600. The average Bonchev–Trinajstić information content (AvgIpc) is 3.52.